The zero-order valence-corrected chi connectivity index (χ0v) is 12.3. The Balaban J connectivity index is 1.76. The highest BCUT2D eigenvalue weighted by Crippen LogP contribution is 2.18. The number of nitrogens with zero attached hydrogens (tertiary/aromatic N) is 1. The summed E-state index contributed by atoms with van der Waals surface area (Å²) in [4.78, 5) is 0. The lowest BCUT2D eigenvalue weighted by Crippen LogP contribution is -1.90. The highest BCUT2D eigenvalue weighted by molar-refractivity contribution is 9.10. The van der Waals surface area contributed by atoms with E-state index in [0.29, 0.717) is 0 Å². The molecule has 0 amide bonds. The van der Waals surface area contributed by atoms with Crippen LogP contribution < -0.4 is 5.43 Å². The maximum absolute atomic E-state index is 4.26. The lowest BCUT2D eigenvalue weighted by molar-refractivity contribution is 1.35. The fourth-order valence-electron chi connectivity index (χ4n) is 2.03. The molecular formula is C17H13BrN2. The summed E-state index contributed by atoms with van der Waals surface area (Å²) in [6, 6.07) is 22.5. The molecule has 0 aliphatic carbocycles. The van der Waals surface area contributed by atoms with Gasteiger partial charge in [0.2, 0.25) is 0 Å². The Labute approximate surface area is 126 Å². The van der Waals surface area contributed by atoms with Crippen LogP contribution in [0.25, 0.3) is 10.8 Å². The Morgan fingerprint density at radius 2 is 1.70 bits per heavy atom. The van der Waals surface area contributed by atoms with Gasteiger partial charge in [-0.3, -0.25) is 5.43 Å². The van der Waals surface area contributed by atoms with Crippen LogP contribution in [0.3, 0.4) is 0 Å². The molecule has 3 heteroatoms. The fraction of sp³-hybridized carbons (Fsp3) is 0. The highest BCUT2D eigenvalue weighted by Gasteiger charge is 1.94. The van der Waals surface area contributed by atoms with E-state index in [-0.39, 0.29) is 0 Å². The van der Waals surface area contributed by atoms with Gasteiger partial charge in [-0.05, 0) is 40.6 Å². The number of halogens is 1. The van der Waals surface area contributed by atoms with Gasteiger partial charge in [0.25, 0.3) is 0 Å². The number of anilines is 1. The molecule has 0 fully saturated rings. The van der Waals surface area contributed by atoms with Gasteiger partial charge in [0, 0.05) is 4.47 Å². The molecule has 0 aliphatic heterocycles. The SMILES string of the molecule is Brc1cccc(C=NNc2ccc3ccccc3c2)c1. The predicted octanol–water partition coefficient (Wildman–Crippen LogP) is 5.05. The monoisotopic (exact) mass is 324 g/mol. The number of hydrogen-bond acceptors (Lipinski definition) is 2. The van der Waals surface area contributed by atoms with Crippen molar-refractivity contribution in [2.24, 2.45) is 5.10 Å². The van der Waals surface area contributed by atoms with Gasteiger partial charge in [0.15, 0.2) is 0 Å². The predicted molar refractivity (Wildman–Crippen MR) is 89.3 cm³/mol. The van der Waals surface area contributed by atoms with Crippen LogP contribution in [0.1, 0.15) is 5.56 Å². The molecule has 0 unspecified atom stereocenters. The standard InChI is InChI=1S/C17H13BrN2/c18-16-7-3-4-13(10-16)12-19-20-17-9-8-14-5-1-2-6-15(14)11-17/h1-12,20H. The molecule has 0 bridgehead atoms. The normalized spacial score (nSPS) is 11.1. The van der Waals surface area contributed by atoms with E-state index in [2.05, 4.69) is 50.7 Å². The van der Waals surface area contributed by atoms with Gasteiger partial charge in [0.05, 0.1) is 11.9 Å². The first-order valence-corrected chi connectivity index (χ1v) is 7.14. The molecule has 0 aromatic heterocycles. The van der Waals surface area contributed by atoms with E-state index >= 15 is 0 Å². The molecule has 0 spiro atoms. The Bertz CT molecular complexity index is 766. The highest BCUT2D eigenvalue weighted by atomic mass is 79.9. The minimum absolute atomic E-state index is 0.981. The second-order valence-corrected chi connectivity index (χ2v) is 5.40. The van der Waals surface area contributed by atoms with Crippen molar-refractivity contribution < 1.29 is 0 Å². The third-order valence-electron chi connectivity index (χ3n) is 3.01. The summed E-state index contributed by atoms with van der Waals surface area (Å²) in [6.45, 7) is 0. The molecule has 1 N–H and O–H groups in total. The quantitative estimate of drug-likeness (QED) is 0.529. The summed E-state index contributed by atoms with van der Waals surface area (Å²) in [5, 5.41) is 6.70. The first-order valence-electron chi connectivity index (χ1n) is 6.35. The van der Waals surface area contributed by atoms with Crippen molar-refractivity contribution >= 4 is 38.6 Å². The second-order valence-electron chi connectivity index (χ2n) is 4.49. The van der Waals surface area contributed by atoms with Crippen LogP contribution in [-0.2, 0) is 0 Å². The average Bonchev–Trinajstić information content (AvgIpc) is 2.47. The van der Waals surface area contributed by atoms with Crippen molar-refractivity contribution in [3.05, 3.63) is 76.8 Å². The molecule has 0 aliphatic rings. The Morgan fingerprint density at radius 1 is 0.850 bits per heavy atom. The van der Waals surface area contributed by atoms with Gasteiger partial charge >= 0.3 is 0 Å². The lowest BCUT2D eigenvalue weighted by Gasteiger charge is -2.02. The minimum atomic E-state index is 0.981. The van der Waals surface area contributed by atoms with Crippen molar-refractivity contribution in [2.45, 2.75) is 0 Å². The van der Waals surface area contributed by atoms with Crippen molar-refractivity contribution in [3.8, 4) is 0 Å². The average molecular weight is 325 g/mol. The van der Waals surface area contributed by atoms with Gasteiger partial charge in [-0.15, -0.1) is 0 Å². The summed E-state index contributed by atoms with van der Waals surface area (Å²) in [7, 11) is 0. The summed E-state index contributed by atoms with van der Waals surface area (Å²) >= 11 is 3.44. The maximum atomic E-state index is 4.26. The number of rotatable bonds is 3. The third kappa shape index (κ3) is 3.06. The summed E-state index contributed by atoms with van der Waals surface area (Å²) < 4.78 is 1.05. The first-order chi connectivity index (χ1) is 9.81. The van der Waals surface area contributed by atoms with Gasteiger partial charge in [-0.1, -0.05) is 58.4 Å². The van der Waals surface area contributed by atoms with E-state index in [1.165, 1.54) is 10.8 Å². The molecule has 0 atom stereocenters. The molecule has 98 valence electrons. The summed E-state index contributed by atoms with van der Waals surface area (Å²) in [5.41, 5.74) is 5.09. The fourth-order valence-corrected chi connectivity index (χ4v) is 2.44. The van der Waals surface area contributed by atoms with Crippen LogP contribution in [0.2, 0.25) is 0 Å². The van der Waals surface area contributed by atoms with Crippen molar-refractivity contribution in [1.29, 1.82) is 0 Å². The van der Waals surface area contributed by atoms with Gasteiger partial charge in [-0.25, -0.2) is 0 Å². The number of nitrogens with one attached hydrogen (secondary N) is 1. The van der Waals surface area contributed by atoms with Crippen molar-refractivity contribution in [1.82, 2.24) is 0 Å². The van der Waals surface area contributed by atoms with Crippen molar-refractivity contribution in [3.63, 3.8) is 0 Å². The zero-order valence-electron chi connectivity index (χ0n) is 10.8. The largest absolute Gasteiger partial charge is 0.278 e. The first kappa shape index (κ1) is 12.9. The van der Waals surface area contributed by atoms with E-state index in [1.807, 2.05) is 42.5 Å². The summed E-state index contributed by atoms with van der Waals surface area (Å²) in [5.74, 6) is 0. The third-order valence-corrected chi connectivity index (χ3v) is 3.50. The molecule has 0 saturated heterocycles. The van der Waals surface area contributed by atoms with E-state index in [4.69, 9.17) is 0 Å². The summed E-state index contributed by atoms with van der Waals surface area (Å²) in [6.07, 6.45) is 1.81. The molecule has 0 saturated carbocycles. The van der Waals surface area contributed by atoms with Crippen LogP contribution in [-0.4, -0.2) is 6.21 Å². The van der Waals surface area contributed by atoms with Crippen LogP contribution in [0.5, 0.6) is 0 Å². The molecule has 3 rings (SSSR count). The Hall–Kier alpha value is -2.13. The maximum Gasteiger partial charge on any atom is 0.0568 e. The minimum Gasteiger partial charge on any atom is -0.278 e. The smallest absolute Gasteiger partial charge is 0.0568 e. The number of benzene rings is 3. The van der Waals surface area contributed by atoms with E-state index < -0.39 is 0 Å². The number of hydrogen-bond donors (Lipinski definition) is 1. The number of fused-ring (bicyclic) bond motifs is 1. The Kier molecular flexibility index (Phi) is 3.79. The lowest BCUT2D eigenvalue weighted by atomic mass is 10.1. The molecule has 2 nitrogen and oxygen atoms in total. The van der Waals surface area contributed by atoms with Crippen LogP contribution in [0, 0.1) is 0 Å². The topological polar surface area (TPSA) is 24.4 Å². The van der Waals surface area contributed by atoms with Gasteiger partial charge in [-0.2, -0.15) is 5.10 Å². The molecular weight excluding hydrogens is 312 g/mol. The van der Waals surface area contributed by atoms with Crippen LogP contribution >= 0.6 is 15.9 Å². The second kappa shape index (κ2) is 5.88. The molecule has 0 heterocycles. The molecule has 3 aromatic rings. The van der Waals surface area contributed by atoms with Crippen LogP contribution in [0.15, 0.2) is 76.3 Å². The van der Waals surface area contributed by atoms with Crippen LogP contribution in [0.4, 0.5) is 5.69 Å². The zero-order chi connectivity index (χ0) is 13.8. The number of hydrazone groups is 1. The molecule has 3 aromatic carbocycles. The van der Waals surface area contributed by atoms with Gasteiger partial charge in [0.1, 0.15) is 0 Å². The Morgan fingerprint density at radius 3 is 2.55 bits per heavy atom. The van der Waals surface area contributed by atoms with Gasteiger partial charge < -0.3 is 0 Å². The molecule has 0 radical (unpaired) electrons. The van der Waals surface area contributed by atoms with E-state index in [0.717, 1.165) is 15.7 Å². The van der Waals surface area contributed by atoms with E-state index in [9.17, 15) is 0 Å². The van der Waals surface area contributed by atoms with E-state index in [1.54, 1.807) is 6.21 Å². The molecule has 20 heavy (non-hydrogen) atoms. The van der Waals surface area contributed by atoms with Crippen molar-refractivity contribution in [2.75, 3.05) is 5.43 Å².